The SMILES string of the molecule is CCCN1C(=O)NC(CC)C1=O. The lowest BCUT2D eigenvalue weighted by atomic mass is 10.2. The van der Waals surface area contributed by atoms with Crippen molar-refractivity contribution in [1.29, 1.82) is 0 Å². The molecule has 12 heavy (non-hydrogen) atoms. The summed E-state index contributed by atoms with van der Waals surface area (Å²) in [5.41, 5.74) is 0. The molecular weight excluding hydrogens is 156 g/mol. The van der Waals surface area contributed by atoms with Gasteiger partial charge in [-0.25, -0.2) is 4.79 Å². The van der Waals surface area contributed by atoms with Crippen molar-refractivity contribution >= 4 is 11.9 Å². The first-order chi connectivity index (χ1) is 5.70. The molecular formula is C8H14N2O2. The van der Waals surface area contributed by atoms with Crippen LogP contribution in [-0.2, 0) is 4.79 Å². The van der Waals surface area contributed by atoms with Crippen LogP contribution >= 0.6 is 0 Å². The van der Waals surface area contributed by atoms with Gasteiger partial charge in [-0.1, -0.05) is 13.8 Å². The van der Waals surface area contributed by atoms with Gasteiger partial charge in [-0.15, -0.1) is 0 Å². The van der Waals surface area contributed by atoms with Crippen LogP contribution in [0.5, 0.6) is 0 Å². The lowest BCUT2D eigenvalue weighted by Gasteiger charge is -2.10. The van der Waals surface area contributed by atoms with Gasteiger partial charge in [0.05, 0.1) is 0 Å². The summed E-state index contributed by atoms with van der Waals surface area (Å²) in [5.74, 6) is -0.0793. The summed E-state index contributed by atoms with van der Waals surface area (Å²) in [6.45, 7) is 4.36. The lowest BCUT2D eigenvalue weighted by Crippen LogP contribution is -2.31. The maximum absolute atomic E-state index is 11.4. The van der Waals surface area contributed by atoms with Crippen LogP contribution in [0.3, 0.4) is 0 Å². The van der Waals surface area contributed by atoms with Crippen molar-refractivity contribution < 1.29 is 9.59 Å². The maximum atomic E-state index is 11.4. The Bertz CT molecular complexity index is 203. The molecule has 1 rings (SSSR count). The average molecular weight is 170 g/mol. The second-order valence-electron chi connectivity index (χ2n) is 2.90. The van der Waals surface area contributed by atoms with E-state index in [-0.39, 0.29) is 18.0 Å². The summed E-state index contributed by atoms with van der Waals surface area (Å²) in [4.78, 5) is 23.8. The Labute approximate surface area is 71.9 Å². The minimum Gasteiger partial charge on any atom is -0.326 e. The van der Waals surface area contributed by atoms with Gasteiger partial charge in [-0.05, 0) is 12.8 Å². The van der Waals surface area contributed by atoms with Crippen molar-refractivity contribution in [1.82, 2.24) is 10.2 Å². The zero-order valence-corrected chi connectivity index (χ0v) is 7.46. The van der Waals surface area contributed by atoms with E-state index in [2.05, 4.69) is 5.32 Å². The minimum absolute atomic E-state index is 0.0793. The topological polar surface area (TPSA) is 49.4 Å². The number of carbonyl (C=O) groups excluding carboxylic acids is 2. The molecule has 0 aromatic heterocycles. The Morgan fingerprint density at radius 3 is 2.50 bits per heavy atom. The molecule has 1 aliphatic rings. The Morgan fingerprint density at radius 1 is 1.42 bits per heavy atom. The third kappa shape index (κ3) is 1.42. The molecule has 0 saturated carbocycles. The molecule has 1 heterocycles. The molecule has 0 bridgehead atoms. The highest BCUT2D eigenvalue weighted by Crippen LogP contribution is 2.08. The van der Waals surface area contributed by atoms with Crippen molar-refractivity contribution in [2.45, 2.75) is 32.7 Å². The number of imide groups is 1. The van der Waals surface area contributed by atoms with Gasteiger partial charge in [0.2, 0.25) is 0 Å². The van der Waals surface area contributed by atoms with E-state index >= 15 is 0 Å². The van der Waals surface area contributed by atoms with Crippen molar-refractivity contribution in [3.05, 3.63) is 0 Å². The van der Waals surface area contributed by atoms with Gasteiger partial charge in [-0.2, -0.15) is 0 Å². The number of amides is 3. The minimum atomic E-state index is -0.288. The summed E-state index contributed by atoms with van der Waals surface area (Å²) in [5, 5.41) is 2.63. The van der Waals surface area contributed by atoms with Gasteiger partial charge >= 0.3 is 6.03 Å². The zero-order chi connectivity index (χ0) is 9.14. The van der Waals surface area contributed by atoms with E-state index in [4.69, 9.17) is 0 Å². The van der Waals surface area contributed by atoms with Crippen LogP contribution in [0.1, 0.15) is 26.7 Å². The van der Waals surface area contributed by atoms with Gasteiger partial charge in [0.15, 0.2) is 0 Å². The molecule has 0 spiro atoms. The fourth-order valence-electron chi connectivity index (χ4n) is 1.29. The molecule has 1 saturated heterocycles. The first-order valence-electron chi connectivity index (χ1n) is 4.32. The molecule has 3 amide bonds. The lowest BCUT2D eigenvalue weighted by molar-refractivity contribution is -0.127. The molecule has 1 atom stereocenters. The van der Waals surface area contributed by atoms with E-state index in [0.717, 1.165) is 6.42 Å². The molecule has 1 fully saturated rings. The summed E-state index contributed by atoms with van der Waals surface area (Å²) in [7, 11) is 0. The molecule has 0 aromatic rings. The maximum Gasteiger partial charge on any atom is 0.324 e. The Morgan fingerprint density at radius 2 is 2.08 bits per heavy atom. The van der Waals surface area contributed by atoms with Crippen LogP contribution in [0.25, 0.3) is 0 Å². The predicted molar refractivity (Wildman–Crippen MR) is 44.6 cm³/mol. The fourth-order valence-corrected chi connectivity index (χ4v) is 1.29. The number of hydrogen-bond acceptors (Lipinski definition) is 2. The normalized spacial score (nSPS) is 23.2. The number of hydrogen-bond donors (Lipinski definition) is 1. The molecule has 0 aliphatic carbocycles. The van der Waals surface area contributed by atoms with E-state index in [0.29, 0.717) is 13.0 Å². The fraction of sp³-hybridized carbons (Fsp3) is 0.750. The second kappa shape index (κ2) is 3.56. The van der Waals surface area contributed by atoms with Crippen molar-refractivity contribution in [3.63, 3.8) is 0 Å². The third-order valence-electron chi connectivity index (χ3n) is 1.96. The standard InChI is InChI=1S/C8H14N2O2/c1-3-5-10-7(11)6(4-2)9-8(10)12/h6H,3-5H2,1-2H3,(H,9,12). The summed E-state index contributed by atoms with van der Waals surface area (Å²) in [6, 6.07) is -0.530. The second-order valence-corrected chi connectivity index (χ2v) is 2.90. The van der Waals surface area contributed by atoms with Gasteiger partial charge in [0, 0.05) is 6.54 Å². The molecule has 1 aliphatic heterocycles. The van der Waals surface area contributed by atoms with E-state index < -0.39 is 0 Å². The van der Waals surface area contributed by atoms with Crippen LogP contribution in [0.2, 0.25) is 0 Å². The molecule has 4 nitrogen and oxygen atoms in total. The molecule has 68 valence electrons. The van der Waals surface area contributed by atoms with Gasteiger partial charge in [-0.3, -0.25) is 9.69 Å². The number of nitrogens with zero attached hydrogens (tertiary/aromatic N) is 1. The van der Waals surface area contributed by atoms with E-state index in [1.165, 1.54) is 4.90 Å². The molecule has 0 aromatic carbocycles. The Hall–Kier alpha value is -1.06. The summed E-state index contributed by atoms with van der Waals surface area (Å²) < 4.78 is 0. The molecule has 0 radical (unpaired) electrons. The third-order valence-corrected chi connectivity index (χ3v) is 1.96. The van der Waals surface area contributed by atoms with Gasteiger partial charge in [0.1, 0.15) is 6.04 Å². The molecule has 1 N–H and O–H groups in total. The highest BCUT2D eigenvalue weighted by Gasteiger charge is 2.35. The van der Waals surface area contributed by atoms with Crippen LogP contribution in [0.15, 0.2) is 0 Å². The van der Waals surface area contributed by atoms with Crippen molar-refractivity contribution in [2.75, 3.05) is 6.54 Å². The quantitative estimate of drug-likeness (QED) is 0.635. The highest BCUT2D eigenvalue weighted by molar-refractivity contribution is 6.04. The largest absolute Gasteiger partial charge is 0.326 e. The first-order valence-corrected chi connectivity index (χ1v) is 4.32. The van der Waals surface area contributed by atoms with Crippen LogP contribution in [0, 0.1) is 0 Å². The van der Waals surface area contributed by atoms with Crippen molar-refractivity contribution in [3.8, 4) is 0 Å². The van der Waals surface area contributed by atoms with Gasteiger partial charge in [0.25, 0.3) is 5.91 Å². The Kier molecular flexibility index (Phi) is 2.68. The van der Waals surface area contributed by atoms with E-state index in [1.54, 1.807) is 0 Å². The number of urea groups is 1. The Balaban J connectivity index is 2.64. The molecule has 1 unspecified atom stereocenters. The van der Waals surface area contributed by atoms with Crippen LogP contribution in [0.4, 0.5) is 4.79 Å². The summed E-state index contributed by atoms with van der Waals surface area (Å²) >= 11 is 0. The highest BCUT2D eigenvalue weighted by atomic mass is 16.2. The van der Waals surface area contributed by atoms with Crippen molar-refractivity contribution in [2.24, 2.45) is 0 Å². The summed E-state index contributed by atoms with van der Waals surface area (Å²) in [6.07, 6.45) is 1.49. The number of carbonyl (C=O) groups is 2. The predicted octanol–water partition coefficient (Wildman–Crippen LogP) is 0.727. The molecule has 4 heteroatoms. The average Bonchev–Trinajstić information content (AvgIpc) is 2.32. The van der Waals surface area contributed by atoms with Crippen LogP contribution in [-0.4, -0.2) is 29.4 Å². The number of rotatable bonds is 3. The monoisotopic (exact) mass is 170 g/mol. The smallest absolute Gasteiger partial charge is 0.324 e. The van der Waals surface area contributed by atoms with E-state index in [1.807, 2.05) is 13.8 Å². The van der Waals surface area contributed by atoms with Crippen LogP contribution < -0.4 is 5.32 Å². The first kappa shape index (κ1) is 9.03. The zero-order valence-electron chi connectivity index (χ0n) is 7.46. The van der Waals surface area contributed by atoms with E-state index in [9.17, 15) is 9.59 Å². The van der Waals surface area contributed by atoms with Gasteiger partial charge < -0.3 is 5.32 Å². The number of nitrogens with one attached hydrogen (secondary N) is 1.